The first-order valence-electron chi connectivity index (χ1n) is 8.63. The Balaban J connectivity index is 1.45. The maximum atomic E-state index is 12.1. The van der Waals surface area contributed by atoms with Gasteiger partial charge in [0, 0.05) is 5.69 Å². The number of cyclic esters (lactones) is 1. The summed E-state index contributed by atoms with van der Waals surface area (Å²) in [5.41, 5.74) is 1.84. The fraction of sp³-hybridized carbons (Fsp3) is 0.300. The molecule has 7 heteroatoms. The number of nitrogens with one attached hydrogen (secondary N) is 1. The fourth-order valence-corrected chi connectivity index (χ4v) is 2.66. The Hall–Kier alpha value is -3.22. The minimum atomic E-state index is -0.435. The second-order valence-electron chi connectivity index (χ2n) is 6.22. The van der Waals surface area contributed by atoms with E-state index in [2.05, 4.69) is 5.32 Å². The lowest BCUT2D eigenvalue weighted by atomic mass is 10.2. The number of nitrogens with zero attached hydrogens (tertiary/aromatic N) is 1. The molecule has 2 aromatic rings. The monoisotopic (exact) mass is 370 g/mol. The lowest BCUT2D eigenvalue weighted by Gasteiger charge is -2.13. The van der Waals surface area contributed by atoms with Gasteiger partial charge in [0.2, 0.25) is 0 Å². The van der Waals surface area contributed by atoms with Gasteiger partial charge in [-0.2, -0.15) is 0 Å². The highest BCUT2D eigenvalue weighted by molar-refractivity contribution is 5.89. The summed E-state index contributed by atoms with van der Waals surface area (Å²) in [6.45, 7) is 2.49. The van der Waals surface area contributed by atoms with Crippen molar-refractivity contribution in [2.24, 2.45) is 0 Å². The van der Waals surface area contributed by atoms with E-state index in [9.17, 15) is 9.59 Å². The summed E-state index contributed by atoms with van der Waals surface area (Å²) in [6.07, 6.45) is -0.849. The molecule has 27 heavy (non-hydrogen) atoms. The normalized spacial score (nSPS) is 16.0. The first kappa shape index (κ1) is 18.6. The highest BCUT2D eigenvalue weighted by Gasteiger charge is 2.32. The molecule has 1 unspecified atom stereocenters. The molecule has 2 aromatic carbocycles. The summed E-state index contributed by atoms with van der Waals surface area (Å²) in [6, 6.07) is 14.6. The maximum absolute atomic E-state index is 12.1. The number of aryl methyl sites for hydroxylation is 1. The van der Waals surface area contributed by atoms with Gasteiger partial charge in [0.1, 0.15) is 17.6 Å². The molecule has 1 aliphatic rings. The predicted molar refractivity (Wildman–Crippen MR) is 100 cm³/mol. The average Bonchev–Trinajstić information content (AvgIpc) is 3.06. The molecule has 2 amide bonds. The van der Waals surface area contributed by atoms with Gasteiger partial charge in [0.05, 0.1) is 20.2 Å². The van der Waals surface area contributed by atoms with Crippen LogP contribution in [0.5, 0.6) is 11.5 Å². The first-order chi connectivity index (χ1) is 13.0. The van der Waals surface area contributed by atoms with Crippen molar-refractivity contribution in [2.75, 3.05) is 31.7 Å². The Labute approximate surface area is 157 Å². The van der Waals surface area contributed by atoms with E-state index in [0.717, 1.165) is 11.3 Å². The van der Waals surface area contributed by atoms with Crippen molar-refractivity contribution in [1.29, 1.82) is 0 Å². The Kier molecular flexibility index (Phi) is 5.80. The molecule has 3 rings (SSSR count). The van der Waals surface area contributed by atoms with Gasteiger partial charge in [-0.3, -0.25) is 9.69 Å². The Bertz CT molecular complexity index is 789. The van der Waals surface area contributed by atoms with Crippen LogP contribution < -0.4 is 19.7 Å². The van der Waals surface area contributed by atoms with Gasteiger partial charge < -0.3 is 19.5 Å². The van der Waals surface area contributed by atoms with E-state index in [4.69, 9.17) is 14.2 Å². The number of hydrogen-bond acceptors (Lipinski definition) is 5. The molecular weight excluding hydrogens is 348 g/mol. The van der Waals surface area contributed by atoms with Gasteiger partial charge in [-0.25, -0.2) is 4.79 Å². The van der Waals surface area contributed by atoms with Crippen molar-refractivity contribution in [1.82, 2.24) is 5.32 Å². The van der Waals surface area contributed by atoms with Crippen LogP contribution in [0.2, 0.25) is 0 Å². The number of methoxy groups -OCH3 is 1. The molecule has 142 valence electrons. The smallest absolute Gasteiger partial charge is 0.414 e. The van der Waals surface area contributed by atoms with Crippen LogP contribution in [0.4, 0.5) is 10.5 Å². The second-order valence-corrected chi connectivity index (χ2v) is 6.22. The molecular formula is C20H22N2O5. The van der Waals surface area contributed by atoms with E-state index in [1.165, 1.54) is 4.90 Å². The SMILES string of the molecule is COc1ccc(N2CC(CNC(=O)COc3ccc(C)cc3)OC2=O)cc1. The van der Waals surface area contributed by atoms with Crippen LogP contribution in [-0.2, 0) is 9.53 Å². The van der Waals surface area contributed by atoms with Crippen molar-refractivity contribution in [3.8, 4) is 11.5 Å². The third kappa shape index (κ3) is 4.91. The molecule has 1 aliphatic heterocycles. The molecule has 7 nitrogen and oxygen atoms in total. The Morgan fingerprint density at radius 3 is 2.48 bits per heavy atom. The third-order valence-electron chi connectivity index (χ3n) is 4.18. The molecule has 0 aliphatic carbocycles. The van der Waals surface area contributed by atoms with Crippen LogP contribution in [0.15, 0.2) is 48.5 Å². The van der Waals surface area contributed by atoms with E-state index in [-0.39, 0.29) is 19.1 Å². The van der Waals surface area contributed by atoms with Crippen LogP contribution in [0.1, 0.15) is 5.56 Å². The molecule has 0 saturated carbocycles. The number of amides is 2. The van der Waals surface area contributed by atoms with Crippen LogP contribution in [0.25, 0.3) is 0 Å². The summed E-state index contributed by atoms with van der Waals surface area (Å²) in [4.78, 5) is 25.5. The zero-order valence-electron chi connectivity index (χ0n) is 15.3. The molecule has 1 N–H and O–H groups in total. The van der Waals surface area contributed by atoms with Crippen molar-refractivity contribution in [3.05, 3.63) is 54.1 Å². The zero-order chi connectivity index (χ0) is 19.2. The largest absolute Gasteiger partial charge is 0.497 e. The topological polar surface area (TPSA) is 77.1 Å². The molecule has 0 aromatic heterocycles. The van der Waals surface area contributed by atoms with Crippen molar-refractivity contribution >= 4 is 17.7 Å². The van der Waals surface area contributed by atoms with Crippen LogP contribution in [-0.4, -0.2) is 44.9 Å². The Morgan fingerprint density at radius 1 is 1.15 bits per heavy atom. The number of ether oxygens (including phenoxy) is 3. The number of carbonyl (C=O) groups excluding carboxylic acids is 2. The second kappa shape index (κ2) is 8.44. The summed E-state index contributed by atoms with van der Waals surface area (Å²) >= 11 is 0. The van der Waals surface area contributed by atoms with E-state index < -0.39 is 12.2 Å². The van der Waals surface area contributed by atoms with Gasteiger partial charge >= 0.3 is 6.09 Å². The van der Waals surface area contributed by atoms with Crippen LogP contribution >= 0.6 is 0 Å². The zero-order valence-corrected chi connectivity index (χ0v) is 15.3. The average molecular weight is 370 g/mol. The van der Waals surface area contributed by atoms with Gasteiger partial charge in [-0.1, -0.05) is 17.7 Å². The van der Waals surface area contributed by atoms with E-state index in [1.54, 1.807) is 31.4 Å². The minimum Gasteiger partial charge on any atom is -0.497 e. The number of carbonyl (C=O) groups is 2. The van der Waals surface area contributed by atoms with Gasteiger partial charge in [-0.05, 0) is 43.3 Å². The van der Waals surface area contributed by atoms with Crippen molar-refractivity contribution < 1.29 is 23.8 Å². The number of rotatable bonds is 7. The van der Waals surface area contributed by atoms with Crippen LogP contribution in [0.3, 0.4) is 0 Å². The molecule has 1 saturated heterocycles. The van der Waals surface area contributed by atoms with Gasteiger partial charge in [0.25, 0.3) is 5.91 Å². The van der Waals surface area contributed by atoms with E-state index in [1.807, 2.05) is 31.2 Å². The highest BCUT2D eigenvalue weighted by atomic mass is 16.6. The fourth-order valence-electron chi connectivity index (χ4n) is 2.66. The summed E-state index contributed by atoms with van der Waals surface area (Å²) in [7, 11) is 1.58. The summed E-state index contributed by atoms with van der Waals surface area (Å²) in [5.74, 6) is 1.08. The minimum absolute atomic E-state index is 0.0913. The highest BCUT2D eigenvalue weighted by Crippen LogP contribution is 2.23. The molecule has 0 spiro atoms. The molecule has 1 fully saturated rings. The third-order valence-corrected chi connectivity index (χ3v) is 4.18. The lowest BCUT2D eigenvalue weighted by Crippen LogP contribution is -2.37. The van der Waals surface area contributed by atoms with Gasteiger partial charge in [-0.15, -0.1) is 0 Å². The predicted octanol–water partition coefficient (Wildman–Crippen LogP) is 2.52. The van der Waals surface area contributed by atoms with Crippen molar-refractivity contribution in [3.63, 3.8) is 0 Å². The Morgan fingerprint density at radius 2 is 1.81 bits per heavy atom. The molecule has 1 atom stereocenters. The molecule has 1 heterocycles. The standard InChI is InChI=1S/C20H22N2O5/c1-14-3-7-17(8-4-14)26-13-19(23)21-11-18-12-22(20(24)27-18)15-5-9-16(25-2)10-6-15/h3-10,18H,11-13H2,1-2H3,(H,21,23). The maximum Gasteiger partial charge on any atom is 0.414 e. The summed E-state index contributed by atoms with van der Waals surface area (Å²) in [5, 5.41) is 2.73. The van der Waals surface area contributed by atoms with Crippen molar-refractivity contribution in [2.45, 2.75) is 13.0 Å². The molecule has 0 radical (unpaired) electrons. The van der Waals surface area contributed by atoms with Crippen LogP contribution in [0, 0.1) is 6.92 Å². The summed E-state index contributed by atoms with van der Waals surface area (Å²) < 4.78 is 15.9. The first-order valence-corrected chi connectivity index (χ1v) is 8.63. The quantitative estimate of drug-likeness (QED) is 0.810. The van der Waals surface area contributed by atoms with Gasteiger partial charge in [0.15, 0.2) is 6.61 Å². The lowest BCUT2D eigenvalue weighted by molar-refractivity contribution is -0.123. The number of benzene rings is 2. The number of hydrogen-bond donors (Lipinski definition) is 1. The molecule has 0 bridgehead atoms. The van der Waals surface area contributed by atoms with E-state index in [0.29, 0.717) is 18.0 Å². The number of anilines is 1. The van der Waals surface area contributed by atoms with E-state index >= 15 is 0 Å².